The van der Waals surface area contributed by atoms with Gasteiger partial charge in [0.2, 0.25) is 5.96 Å². The molecule has 0 saturated carbocycles. The lowest BCUT2D eigenvalue weighted by Crippen LogP contribution is -2.62. The summed E-state index contributed by atoms with van der Waals surface area (Å²) < 4.78 is 5.45. The molecule has 1 fully saturated rings. The van der Waals surface area contributed by atoms with Crippen LogP contribution in [-0.2, 0) is 9.53 Å². The Kier molecular flexibility index (Phi) is 6.75. The van der Waals surface area contributed by atoms with Crippen molar-refractivity contribution in [2.45, 2.75) is 26.3 Å². The second-order valence-electron chi connectivity index (χ2n) is 9.55. The lowest BCUT2D eigenvalue weighted by Gasteiger charge is -2.46. The van der Waals surface area contributed by atoms with E-state index in [-0.39, 0.29) is 17.6 Å². The topological polar surface area (TPSA) is 148 Å². The summed E-state index contributed by atoms with van der Waals surface area (Å²) in [5.41, 5.74) is 10.0. The molecule has 0 spiro atoms. The Hall–Kier alpha value is -3.89. The fourth-order valence-corrected chi connectivity index (χ4v) is 4.64. The van der Waals surface area contributed by atoms with Crippen LogP contribution >= 0.6 is 0 Å². The second kappa shape index (κ2) is 9.63. The molecule has 2 aromatic rings. The van der Waals surface area contributed by atoms with Crippen LogP contribution in [0.3, 0.4) is 0 Å². The Labute approximate surface area is 211 Å². The number of morpholine rings is 1. The number of nitrogens with one attached hydrogen (secondary N) is 3. The van der Waals surface area contributed by atoms with Gasteiger partial charge in [0, 0.05) is 54.0 Å². The van der Waals surface area contributed by atoms with Gasteiger partial charge in [0.25, 0.3) is 5.91 Å². The highest BCUT2D eigenvalue weighted by Crippen LogP contribution is 2.32. The van der Waals surface area contributed by atoms with E-state index in [1.165, 1.54) is 5.01 Å². The molecule has 4 rings (SSSR count). The van der Waals surface area contributed by atoms with E-state index in [0.29, 0.717) is 41.4 Å². The predicted molar refractivity (Wildman–Crippen MR) is 143 cm³/mol. The number of ether oxygens (including phenoxy) is 1. The largest absolute Gasteiger partial charge is 0.398 e. The molecule has 10 heteroatoms. The number of benzene rings is 2. The van der Waals surface area contributed by atoms with Crippen LogP contribution < -0.4 is 21.8 Å². The quantitative estimate of drug-likeness (QED) is 0.246. The van der Waals surface area contributed by atoms with Gasteiger partial charge in [-0.3, -0.25) is 20.6 Å². The molecular weight excluding hydrogens is 456 g/mol. The van der Waals surface area contributed by atoms with Crippen molar-refractivity contribution in [3.05, 3.63) is 64.9 Å². The molecule has 36 heavy (non-hydrogen) atoms. The van der Waals surface area contributed by atoms with Crippen molar-refractivity contribution in [1.82, 2.24) is 9.91 Å². The van der Waals surface area contributed by atoms with E-state index in [9.17, 15) is 4.79 Å². The first-order valence-corrected chi connectivity index (χ1v) is 11.8. The molecule has 0 bridgehead atoms. The number of anilines is 3. The number of hydrogen-bond donors (Lipinski definition) is 5. The first-order valence-electron chi connectivity index (χ1n) is 11.8. The first kappa shape index (κ1) is 25.2. The van der Waals surface area contributed by atoms with E-state index >= 15 is 0 Å². The number of allylic oxidation sites excluding steroid dienone is 1. The minimum atomic E-state index is -0.888. The van der Waals surface area contributed by atoms with Crippen molar-refractivity contribution in [3.63, 3.8) is 0 Å². The van der Waals surface area contributed by atoms with Crippen LogP contribution in [0.5, 0.6) is 0 Å². The van der Waals surface area contributed by atoms with Gasteiger partial charge in [-0.15, -0.1) is 0 Å². The lowest BCUT2D eigenvalue weighted by molar-refractivity contribution is -0.114. The minimum absolute atomic E-state index is 0.108. The van der Waals surface area contributed by atoms with E-state index in [0.717, 1.165) is 24.3 Å². The van der Waals surface area contributed by atoms with Crippen LogP contribution in [0.1, 0.15) is 31.9 Å². The van der Waals surface area contributed by atoms with Crippen molar-refractivity contribution in [3.8, 4) is 0 Å². The van der Waals surface area contributed by atoms with Crippen molar-refractivity contribution >= 4 is 34.6 Å². The van der Waals surface area contributed by atoms with Crippen LogP contribution in [0.25, 0.3) is 0 Å². The Morgan fingerprint density at radius 1 is 1.14 bits per heavy atom. The maximum Gasteiger partial charge on any atom is 0.255 e. The molecule has 2 aliphatic heterocycles. The van der Waals surface area contributed by atoms with Crippen LogP contribution in [0, 0.1) is 10.8 Å². The molecule has 0 aliphatic carbocycles. The number of hydrogen-bond acceptors (Lipinski definition) is 7. The molecule has 190 valence electrons. The summed E-state index contributed by atoms with van der Waals surface area (Å²) in [6.07, 6.45) is 0. The van der Waals surface area contributed by atoms with Gasteiger partial charge >= 0.3 is 0 Å². The van der Waals surface area contributed by atoms with Crippen LogP contribution in [0.15, 0.2) is 53.7 Å². The van der Waals surface area contributed by atoms with Crippen LogP contribution in [-0.4, -0.2) is 66.4 Å². The highest BCUT2D eigenvalue weighted by molar-refractivity contribution is 6.15. The highest BCUT2D eigenvalue weighted by atomic mass is 16.5. The number of amides is 1. The molecule has 2 heterocycles. The van der Waals surface area contributed by atoms with Crippen molar-refractivity contribution < 1.29 is 9.53 Å². The predicted octanol–water partition coefficient (Wildman–Crippen LogP) is 2.57. The van der Waals surface area contributed by atoms with Gasteiger partial charge < -0.3 is 25.6 Å². The molecule has 0 radical (unpaired) electrons. The van der Waals surface area contributed by atoms with Crippen molar-refractivity contribution in [2.75, 3.05) is 49.3 Å². The molecule has 1 amide bonds. The third kappa shape index (κ3) is 4.52. The van der Waals surface area contributed by atoms with Crippen molar-refractivity contribution in [2.24, 2.45) is 5.84 Å². The fourth-order valence-electron chi connectivity index (χ4n) is 4.64. The zero-order valence-corrected chi connectivity index (χ0v) is 21.2. The number of carbonyl (C=O) groups is 1. The smallest absolute Gasteiger partial charge is 0.255 e. The molecular formula is C26H34N8O2. The summed E-state index contributed by atoms with van der Waals surface area (Å²) in [5, 5.41) is 21.3. The first-order chi connectivity index (χ1) is 17.0. The normalized spacial score (nSPS) is 17.9. The SMILES string of the molecule is CC1=C(C(=O)Nc2ccc(N)c(C(=N)c3cccc(N4CCOCC4)c3)c2)C(C)(C)N(N)C(=N)N1C. The maximum absolute atomic E-state index is 13.4. The number of guanidine groups is 1. The third-order valence-corrected chi connectivity index (χ3v) is 6.94. The zero-order valence-electron chi connectivity index (χ0n) is 21.2. The van der Waals surface area contributed by atoms with E-state index in [2.05, 4.69) is 10.2 Å². The second-order valence-corrected chi connectivity index (χ2v) is 9.55. The fraction of sp³-hybridized carbons (Fsp3) is 0.346. The Morgan fingerprint density at radius 3 is 2.53 bits per heavy atom. The lowest BCUT2D eigenvalue weighted by atomic mass is 9.88. The molecule has 0 unspecified atom stereocenters. The average molecular weight is 491 g/mol. The van der Waals surface area contributed by atoms with E-state index in [1.807, 2.05) is 24.3 Å². The van der Waals surface area contributed by atoms with Gasteiger partial charge in [0.05, 0.1) is 30.0 Å². The number of nitrogen functional groups attached to an aromatic ring is 1. The van der Waals surface area contributed by atoms with E-state index in [1.54, 1.807) is 50.9 Å². The average Bonchev–Trinajstić information content (AvgIpc) is 2.87. The summed E-state index contributed by atoms with van der Waals surface area (Å²) >= 11 is 0. The standard InChI is InChI=1S/C26H34N8O2/c1-16-22(26(2,3)34(30)25(29)32(16)4)24(35)31-18-8-9-21(27)20(15-18)23(28)17-6-5-7-19(14-17)33-10-12-36-13-11-33/h5-9,14-15,28-29H,10-13,27,30H2,1-4H3,(H,31,35). The summed E-state index contributed by atoms with van der Waals surface area (Å²) in [7, 11) is 1.70. The van der Waals surface area contributed by atoms with E-state index < -0.39 is 5.54 Å². The van der Waals surface area contributed by atoms with Gasteiger partial charge in [-0.05, 0) is 51.1 Å². The molecule has 2 aliphatic rings. The number of hydrazine groups is 1. The molecule has 10 nitrogen and oxygen atoms in total. The summed E-state index contributed by atoms with van der Waals surface area (Å²) in [5.74, 6) is 5.92. The maximum atomic E-state index is 13.4. The summed E-state index contributed by atoms with van der Waals surface area (Å²) in [6.45, 7) is 8.38. The molecule has 0 atom stereocenters. The van der Waals surface area contributed by atoms with Gasteiger partial charge in [-0.25, -0.2) is 5.84 Å². The summed E-state index contributed by atoms with van der Waals surface area (Å²) in [6, 6.07) is 13.0. The Balaban J connectivity index is 1.61. The number of carbonyl (C=O) groups excluding carboxylic acids is 1. The number of nitrogens with two attached hydrogens (primary N) is 2. The van der Waals surface area contributed by atoms with Gasteiger partial charge in [-0.1, -0.05) is 12.1 Å². The van der Waals surface area contributed by atoms with Gasteiger partial charge in [0.1, 0.15) is 0 Å². The molecule has 1 saturated heterocycles. The minimum Gasteiger partial charge on any atom is -0.398 e. The van der Waals surface area contributed by atoms with Gasteiger partial charge in [0.15, 0.2) is 0 Å². The van der Waals surface area contributed by atoms with Crippen molar-refractivity contribution in [1.29, 1.82) is 10.8 Å². The highest BCUT2D eigenvalue weighted by Gasteiger charge is 2.42. The third-order valence-electron chi connectivity index (χ3n) is 6.94. The zero-order chi connectivity index (χ0) is 26.2. The number of rotatable bonds is 5. The van der Waals surface area contributed by atoms with E-state index in [4.69, 9.17) is 27.1 Å². The monoisotopic (exact) mass is 490 g/mol. The molecule has 2 aromatic carbocycles. The Morgan fingerprint density at radius 2 is 1.83 bits per heavy atom. The van der Waals surface area contributed by atoms with Crippen LogP contribution in [0.4, 0.5) is 17.1 Å². The molecule has 7 N–H and O–H groups in total. The summed E-state index contributed by atoms with van der Waals surface area (Å²) in [4.78, 5) is 17.2. The number of nitrogens with zero attached hydrogens (tertiary/aromatic N) is 3. The Bertz CT molecular complexity index is 1250. The molecule has 0 aromatic heterocycles. The van der Waals surface area contributed by atoms with Gasteiger partial charge in [-0.2, -0.15) is 0 Å². The van der Waals surface area contributed by atoms with Crippen LogP contribution in [0.2, 0.25) is 0 Å².